The predicted octanol–water partition coefficient (Wildman–Crippen LogP) is 3.77. The van der Waals surface area contributed by atoms with Crippen LogP contribution in [0, 0.1) is 0 Å². The molecule has 1 N–H and O–H groups in total. The minimum atomic E-state index is -0.246. The lowest BCUT2D eigenvalue weighted by atomic mass is 10.0. The second-order valence-corrected chi connectivity index (χ2v) is 5.63. The van der Waals surface area contributed by atoms with Crippen molar-refractivity contribution in [2.45, 2.75) is 31.8 Å². The molecule has 19 heavy (non-hydrogen) atoms. The Labute approximate surface area is 122 Å². The molecule has 1 aromatic heterocycles. The van der Waals surface area contributed by atoms with E-state index < -0.39 is 0 Å². The molecule has 2 nitrogen and oxygen atoms in total. The lowest BCUT2D eigenvalue weighted by molar-refractivity contribution is 0.155. The predicted molar refractivity (Wildman–Crippen MR) is 81.0 cm³/mol. The first-order valence-electron chi connectivity index (χ1n) is 6.55. The summed E-state index contributed by atoms with van der Waals surface area (Å²) in [7, 11) is 0. The number of aliphatic hydroxyl groups is 1. The fourth-order valence-corrected chi connectivity index (χ4v) is 2.27. The standard InChI is InChI=1S/C16H18BrNO/c17-15-7-3-13(4-8-15)5-9-16(19)10-6-14-2-1-11-18-12-14/h1-4,7-8,11-12,16,19H,5-6,9-10H2/t16-/m0/s1. The maximum absolute atomic E-state index is 10.00. The van der Waals surface area contributed by atoms with E-state index in [2.05, 4.69) is 39.1 Å². The Morgan fingerprint density at radius 2 is 1.68 bits per heavy atom. The fraction of sp³-hybridized carbons (Fsp3) is 0.312. The van der Waals surface area contributed by atoms with Crippen LogP contribution in [0.2, 0.25) is 0 Å². The molecule has 3 heteroatoms. The summed E-state index contributed by atoms with van der Waals surface area (Å²) >= 11 is 3.42. The summed E-state index contributed by atoms with van der Waals surface area (Å²) in [6.45, 7) is 0. The zero-order chi connectivity index (χ0) is 13.5. The van der Waals surface area contributed by atoms with Gasteiger partial charge in [0.2, 0.25) is 0 Å². The van der Waals surface area contributed by atoms with Crippen molar-refractivity contribution in [3.05, 3.63) is 64.4 Å². The van der Waals surface area contributed by atoms with Gasteiger partial charge in [0.05, 0.1) is 6.10 Å². The van der Waals surface area contributed by atoms with Crippen LogP contribution in [0.5, 0.6) is 0 Å². The molecule has 2 rings (SSSR count). The molecular weight excluding hydrogens is 302 g/mol. The third kappa shape index (κ3) is 5.13. The van der Waals surface area contributed by atoms with Crippen LogP contribution in [0.4, 0.5) is 0 Å². The van der Waals surface area contributed by atoms with Gasteiger partial charge >= 0.3 is 0 Å². The van der Waals surface area contributed by atoms with E-state index in [0.717, 1.165) is 30.2 Å². The van der Waals surface area contributed by atoms with E-state index in [4.69, 9.17) is 0 Å². The van der Waals surface area contributed by atoms with Gasteiger partial charge in [-0.3, -0.25) is 4.98 Å². The summed E-state index contributed by atoms with van der Waals surface area (Å²) in [5.41, 5.74) is 2.45. The number of benzene rings is 1. The van der Waals surface area contributed by atoms with E-state index in [1.165, 1.54) is 11.1 Å². The molecule has 0 bridgehead atoms. The molecule has 1 aromatic carbocycles. The number of halogens is 1. The van der Waals surface area contributed by atoms with Crippen LogP contribution in [0.15, 0.2) is 53.3 Å². The Kier molecular flexibility index (Phi) is 5.55. The van der Waals surface area contributed by atoms with Gasteiger partial charge in [0.1, 0.15) is 0 Å². The number of rotatable bonds is 6. The van der Waals surface area contributed by atoms with E-state index in [0.29, 0.717) is 0 Å². The number of hydrogen-bond donors (Lipinski definition) is 1. The van der Waals surface area contributed by atoms with Crippen molar-refractivity contribution in [1.82, 2.24) is 4.98 Å². The molecule has 2 aromatic rings. The molecule has 0 amide bonds. The average Bonchev–Trinajstić information content (AvgIpc) is 2.45. The van der Waals surface area contributed by atoms with Crippen LogP contribution in [0.1, 0.15) is 24.0 Å². The van der Waals surface area contributed by atoms with E-state index >= 15 is 0 Å². The topological polar surface area (TPSA) is 33.1 Å². The van der Waals surface area contributed by atoms with Gasteiger partial charge in [-0.25, -0.2) is 0 Å². The highest BCUT2D eigenvalue weighted by molar-refractivity contribution is 9.10. The number of pyridine rings is 1. The van der Waals surface area contributed by atoms with Crippen molar-refractivity contribution in [2.75, 3.05) is 0 Å². The smallest absolute Gasteiger partial charge is 0.0546 e. The van der Waals surface area contributed by atoms with Gasteiger partial charge in [-0.1, -0.05) is 34.1 Å². The van der Waals surface area contributed by atoms with Gasteiger partial charge in [0.25, 0.3) is 0 Å². The van der Waals surface area contributed by atoms with Crippen molar-refractivity contribution < 1.29 is 5.11 Å². The molecule has 0 saturated heterocycles. The van der Waals surface area contributed by atoms with E-state index in [9.17, 15) is 5.11 Å². The highest BCUT2D eigenvalue weighted by atomic mass is 79.9. The van der Waals surface area contributed by atoms with Gasteiger partial charge in [0, 0.05) is 16.9 Å². The highest BCUT2D eigenvalue weighted by Gasteiger charge is 2.05. The molecule has 0 saturated carbocycles. The summed E-state index contributed by atoms with van der Waals surface area (Å²) in [6.07, 6.45) is 6.79. The molecule has 0 aliphatic carbocycles. The van der Waals surface area contributed by atoms with Crippen LogP contribution >= 0.6 is 15.9 Å². The van der Waals surface area contributed by atoms with Gasteiger partial charge < -0.3 is 5.11 Å². The SMILES string of the molecule is O[C@@H](CCc1ccc(Br)cc1)CCc1cccnc1. The number of aryl methyl sites for hydroxylation is 2. The minimum absolute atomic E-state index is 0.246. The van der Waals surface area contributed by atoms with E-state index in [1.54, 1.807) is 6.20 Å². The lowest BCUT2D eigenvalue weighted by Gasteiger charge is -2.10. The maximum Gasteiger partial charge on any atom is 0.0546 e. The zero-order valence-electron chi connectivity index (χ0n) is 10.8. The third-order valence-corrected chi connectivity index (χ3v) is 3.70. The summed E-state index contributed by atoms with van der Waals surface area (Å²) < 4.78 is 1.09. The monoisotopic (exact) mass is 319 g/mol. The zero-order valence-corrected chi connectivity index (χ0v) is 12.4. The first-order valence-corrected chi connectivity index (χ1v) is 7.35. The first kappa shape index (κ1) is 14.2. The molecular formula is C16H18BrNO. The van der Waals surface area contributed by atoms with Crippen molar-refractivity contribution >= 4 is 15.9 Å². The van der Waals surface area contributed by atoms with Crippen LogP contribution in [-0.4, -0.2) is 16.2 Å². The summed E-state index contributed by atoms with van der Waals surface area (Å²) in [6, 6.07) is 12.3. The van der Waals surface area contributed by atoms with Gasteiger partial charge in [-0.2, -0.15) is 0 Å². The number of aromatic nitrogens is 1. The fourth-order valence-electron chi connectivity index (χ4n) is 2.01. The average molecular weight is 320 g/mol. The minimum Gasteiger partial charge on any atom is -0.393 e. The Balaban J connectivity index is 1.72. The van der Waals surface area contributed by atoms with Gasteiger partial charge in [0.15, 0.2) is 0 Å². The number of aliphatic hydroxyl groups excluding tert-OH is 1. The van der Waals surface area contributed by atoms with Gasteiger partial charge in [-0.15, -0.1) is 0 Å². The molecule has 100 valence electrons. The lowest BCUT2D eigenvalue weighted by Crippen LogP contribution is -2.09. The highest BCUT2D eigenvalue weighted by Crippen LogP contribution is 2.14. The van der Waals surface area contributed by atoms with Crippen molar-refractivity contribution in [2.24, 2.45) is 0 Å². The maximum atomic E-state index is 10.00. The van der Waals surface area contributed by atoms with Crippen molar-refractivity contribution in [1.29, 1.82) is 0 Å². The molecule has 0 spiro atoms. The molecule has 0 fully saturated rings. The summed E-state index contributed by atoms with van der Waals surface area (Å²) in [5, 5.41) is 10.00. The van der Waals surface area contributed by atoms with E-state index in [-0.39, 0.29) is 6.10 Å². The normalized spacial score (nSPS) is 12.3. The Morgan fingerprint density at radius 3 is 2.32 bits per heavy atom. The van der Waals surface area contributed by atoms with Crippen LogP contribution in [0.25, 0.3) is 0 Å². The molecule has 0 radical (unpaired) electrons. The number of hydrogen-bond acceptors (Lipinski definition) is 2. The van der Waals surface area contributed by atoms with Crippen molar-refractivity contribution in [3.63, 3.8) is 0 Å². The molecule has 0 unspecified atom stereocenters. The summed E-state index contributed by atoms with van der Waals surface area (Å²) in [4.78, 5) is 4.08. The second-order valence-electron chi connectivity index (χ2n) is 4.72. The van der Waals surface area contributed by atoms with Crippen LogP contribution in [-0.2, 0) is 12.8 Å². The van der Waals surface area contributed by atoms with Crippen molar-refractivity contribution in [3.8, 4) is 0 Å². The van der Waals surface area contributed by atoms with Crippen LogP contribution < -0.4 is 0 Å². The molecule has 0 aliphatic heterocycles. The van der Waals surface area contributed by atoms with E-state index in [1.807, 2.05) is 24.4 Å². The first-order chi connectivity index (χ1) is 9.24. The Morgan fingerprint density at radius 1 is 1.00 bits per heavy atom. The molecule has 0 aliphatic rings. The largest absolute Gasteiger partial charge is 0.393 e. The Bertz CT molecular complexity index is 484. The third-order valence-electron chi connectivity index (χ3n) is 3.17. The quantitative estimate of drug-likeness (QED) is 0.879. The number of nitrogens with zero attached hydrogens (tertiary/aromatic N) is 1. The second kappa shape index (κ2) is 7.41. The molecule has 1 atom stereocenters. The molecule has 1 heterocycles. The van der Waals surface area contributed by atoms with Gasteiger partial charge in [-0.05, 0) is 55.0 Å². The summed E-state index contributed by atoms with van der Waals surface area (Å²) in [5.74, 6) is 0. The van der Waals surface area contributed by atoms with Crippen LogP contribution in [0.3, 0.4) is 0 Å². The Hall–Kier alpha value is -1.19.